The van der Waals surface area contributed by atoms with Crippen LogP contribution in [0.2, 0.25) is 10.0 Å². The van der Waals surface area contributed by atoms with Crippen LogP contribution >= 0.6 is 23.2 Å². The first-order chi connectivity index (χ1) is 11.7. The van der Waals surface area contributed by atoms with Gasteiger partial charge in [0.2, 0.25) is 0 Å². The standard InChI is InChI=1S/C19H19Cl2N3/c20-15-5-4-14(17(21)12-15)13-23-8-10-24(11-9-23)19-3-1-2-18-16(19)6-7-22-18/h1-7,12,22H,8-11,13H2. The van der Waals surface area contributed by atoms with Crippen LogP contribution in [0.3, 0.4) is 0 Å². The molecule has 4 rings (SSSR count). The van der Waals surface area contributed by atoms with E-state index in [1.165, 1.54) is 16.6 Å². The predicted octanol–water partition coefficient (Wildman–Crippen LogP) is 4.80. The molecule has 1 aliphatic rings. The van der Waals surface area contributed by atoms with Crippen molar-refractivity contribution >= 4 is 39.8 Å². The van der Waals surface area contributed by atoms with Gasteiger partial charge in [0.1, 0.15) is 0 Å². The van der Waals surface area contributed by atoms with E-state index < -0.39 is 0 Å². The molecular formula is C19H19Cl2N3. The number of hydrogen-bond acceptors (Lipinski definition) is 2. The smallest absolute Gasteiger partial charge is 0.0474 e. The Morgan fingerprint density at radius 3 is 2.58 bits per heavy atom. The zero-order valence-electron chi connectivity index (χ0n) is 13.3. The summed E-state index contributed by atoms with van der Waals surface area (Å²) in [6.07, 6.45) is 2.01. The molecule has 124 valence electrons. The van der Waals surface area contributed by atoms with E-state index in [1.54, 1.807) is 0 Å². The van der Waals surface area contributed by atoms with Gasteiger partial charge in [-0.3, -0.25) is 4.90 Å². The van der Waals surface area contributed by atoms with E-state index in [9.17, 15) is 0 Å². The van der Waals surface area contributed by atoms with Crippen molar-refractivity contribution in [3.05, 3.63) is 64.3 Å². The second-order valence-electron chi connectivity index (χ2n) is 6.21. The lowest BCUT2D eigenvalue weighted by Crippen LogP contribution is -2.46. The van der Waals surface area contributed by atoms with Gasteiger partial charge in [-0.2, -0.15) is 0 Å². The van der Waals surface area contributed by atoms with Crippen LogP contribution in [0, 0.1) is 0 Å². The number of nitrogens with zero attached hydrogens (tertiary/aromatic N) is 2. The summed E-state index contributed by atoms with van der Waals surface area (Å²) in [5.74, 6) is 0. The van der Waals surface area contributed by atoms with Gasteiger partial charge in [0.15, 0.2) is 0 Å². The Labute approximate surface area is 151 Å². The molecule has 0 radical (unpaired) electrons. The van der Waals surface area contributed by atoms with Gasteiger partial charge in [0, 0.05) is 65.6 Å². The molecule has 5 heteroatoms. The van der Waals surface area contributed by atoms with Crippen LogP contribution in [-0.4, -0.2) is 36.1 Å². The molecule has 24 heavy (non-hydrogen) atoms. The second kappa shape index (κ2) is 6.67. The van der Waals surface area contributed by atoms with Crippen LogP contribution in [0.5, 0.6) is 0 Å². The Morgan fingerprint density at radius 2 is 1.79 bits per heavy atom. The zero-order chi connectivity index (χ0) is 16.5. The van der Waals surface area contributed by atoms with Gasteiger partial charge in [-0.1, -0.05) is 35.3 Å². The van der Waals surface area contributed by atoms with E-state index in [0.29, 0.717) is 5.02 Å². The number of rotatable bonds is 3. The predicted molar refractivity (Wildman–Crippen MR) is 102 cm³/mol. The van der Waals surface area contributed by atoms with Crippen LogP contribution in [0.25, 0.3) is 10.9 Å². The van der Waals surface area contributed by atoms with Crippen LogP contribution in [0.15, 0.2) is 48.7 Å². The molecule has 0 bridgehead atoms. The van der Waals surface area contributed by atoms with Gasteiger partial charge in [-0.15, -0.1) is 0 Å². The molecule has 0 atom stereocenters. The molecule has 0 unspecified atom stereocenters. The number of aromatic amines is 1. The summed E-state index contributed by atoms with van der Waals surface area (Å²) in [6.45, 7) is 4.97. The monoisotopic (exact) mass is 359 g/mol. The molecule has 1 aliphatic heterocycles. The van der Waals surface area contributed by atoms with Gasteiger partial charge in [-0.05, 0) is 35.9 Å². The number of H-pyrrole nitrogens is 1. The summed E-state index contributed by atoms with van der Waals surface area (Å²) in [6, 6.07) is 14.4. The highest BCUT2D eigenvalue weighted by atomic mass is 35.5. The molecule has 0 aliphatic carbocycles. The van der Waals surface area contributed by atoms with E-state index in [-0.39, 0.29) is 0 Å². The molecule has 0 amide bonds. The van der Waals surface area contributed by atoms with Crippen molar-refractivity contribution in [2.75, 3.05) is 31.1 Å². The molecule has 2 heterocycles. The number of aromatic nitrogens is 1. The normalized spacial score (nSPS) is 16.0. The molecule has 1 fully saturated rings. The molecule has 1 N–H and O–H groups in total. The molecule has 2 aromatic carbocycles. The lowest BCUT2D eigenvalue weighted by atomic mass is 10.1. The third-order valence-electron chi connectivity index (χ3n) is 4.69. The summed E-state index contributed by atoms with van der Waals surface area (Å²) in [4.78, 5) is 8.20. The first kappa shape index (κ1) is 15.8. The molecule has 3 aromatic rings. The maximum atomic E-state index is 6.30. The summed E-state index contributed by atoms with van der Waals surface area (Å²) in [5.41, 5.74) is 3.66. The van der Waals surface area contributed by atoms with Crippen molar-refractivity contribution in [3.8, 4) is 0 Å². The van der Waals surface area contributed by atoms with Crippen LogP contribution < -0.4 is 4.90 Å². The number of anilines is 1. The van der Waals surface area contributed by atoms with Crippen LogP contribution in [0.1, 0.15) is 5.56 Å². The van der Waals surface area contributed by atoms with Gasteiger partial charge in [-0.25, -0.2) is 0 Å². The molecule has 0 spiro atoms. The summed E-state index contributed by atoms with van der Waals surface area (Å²) < 4.78 is 0. The fourth-order valence-corrected chi connectivity index (χ4v) is 3.85. The van der Waals surface area contributed by atoms with Crippen molar-refractivity contribution in [1.29, 1.82) is 0 Å². The van der Waals surface area contributed by atoms with E-state index in [1.807, 2.05) is 24.4 Å². The van der Waals surface area contributed by atoms with Crippen molar-refractivity contribution in [3.63, 3.8) is 0 Å². The van der Waals surface area contributed by atoms with Gasteiger partial charge in [0.05, 0.1) is 0 Å². The fourth-order valence-electron chi connectivity index (χ4n) is 3.38. The van der Waals surface area contributed by atoms with Crippen molar-refractivity contribution in [2.45, 2.75) is 6.54 Å². The van der Waals surface area contributed by atoms with E-state index in [2.05, 4.69) is 39.0 Å². The van der Waals surface area contributed by atoms with Gasteiger partial charge < -0.3 is 9.88 Å². The minimum absolute atomic E-state index is 0.688. The summed E-state index contributed by atoms with van der Waals surface area (Å²) >= 11 is 12.3. The Morgan fingerprint density at radius 1 is 0.958 bits per heavy atom. The molecular weight excluding hydrogens is 341 g/mol. The van der Waals surface area contributed by atoms with Crippen molar-refractivity contribution in [1.82, 2.24) is 9.88 Å². The number of hydrogen-bond donors (Lipinski definition) is 1. The molecule has 1 saturated heterocycles. The number of piperazine rings is 1. The van der Waals surface area contributed by atoms with Crippen LogP contribution in [0.4, 0.5) is 5.69 Å². The Kier molecular flexibility index (Phi) is 4.40. The van der Waals surface area contributed by atoms with Gasteiger partial charge in [0.25, 0.3) is 0 Å². The Bertz CT molecular complexity index is 851. The quantitative estimate of drug-likeness (QED) is 0.725. The molecule has 0 saturated carbocycles. The lowest BCUT2D eigenvalue weighted by molar-refractivity contribution is 0.250. The van der Waals surface area contributed by atoms with Gasteiger partial charge >= 0.3 is 0 Å². The average Bonchev–Trinajstić information content (AvgIpc) is 3.07. The zero-order valence-corrected chi connectivity index (χ0v) is 14.8. The SMILES string of the molecule is Clc1ccc(CN2CCN(c3cccc4[nH]ccc34)CC2)c(Cl)c1. The molecule has 1 aromatic heterocycles. The van der Waals surface area contributed by atoms with E-state index in [4.69, 9.17) is 23.2 Å². The second-order valence-corrected chi connectivity index (χ2v) is 7.06. The largest absolute Gasteiger partial charge is 0.368 e. The highest BCUT2D eigenvalue weighted by Gasteiger charge is 2.19. The fraction of sp³-hybridized carbons (Fsp3) is 0.263. The van der Waals surface area contributed by atoms with Crippen molar-refractivity contribution < 1.29 is 0 Å². The number of halogens is 2. The highest BCUT2D eigenvalue weighted by Crippen LogP contribution is 2.28. The number of fused-ring (bicyclic) bond motifs is 1. The first-order valence-corrected chi connectivity index (χ1v) is 8.93. The third-order valence-corrected chi connectivity index (χ3v) is 5.28. The lowest BCUT2D eigenvalue weighted by Gasteiger charge is -2.36. The number of nitrogens with one attached hydrogen (secondary N) is 1. The Balaban J connectivity index is 1.44. The van der Waals surface area contributed by atoms with Crippen molar-refractivity contribution in [2.24, 2.45) is 0 Å². The third kappa shape index (κ3) is 3.12. The minimum Gasteiger partial charge on any atom is -0.368 e. The topological polar surface area (TPSA) is 22.3 Å². The average molecular weight is 360 g/mol. The summed E-state index contributed by atoms with van der Waals surface area (Å²) in [5, 5.41) is 2.74. The van der Waals surface area contributed by atoms with E-state index in [0.717, 1.165) is 43.3 Å². The first-order valence-electron chi connectivity index (χ1n) is 8.18. The van der Waals surface area contributed by atoms with E-state index >= 15 is 0 Å². The molecule has 3 nitrogen and oxygen atoms in total. The summed E-state index contributed by atoms with van der Waals surface area (Å²) in [7, 11) is 0. The Hall–Kier alpha value is -1.68. The maximum absolute atomic E-state index is 6.30. The minimum atomic E-state index is 0.688. The maximum Gasteiger partial charge on any atom is 0.0474 e. The van der Waals surface area contributed by atoms with Crippen LogP contribution in [-0.2, 0) is 6.54 Å². The number of benzene rings is 2. The highest BCUT2D eigenvalue weighted by molar-refractivity contribution is 6.35.